The first-order valence-corrected chi connectivity index (χ1v) is 10.1. The molecular formula is C22H36. The number of rotatable bonds is 0. The van der Waals surface area contributed by atoms with Crippen LogP contribution in [-0.4, -0.2) is 0 Å². The van der Waals surface area contributed by atoms with Gasteiger partial charge in [-0.15, -0.1) is 0 Å². The summed E-state index contributed by atoms with van der Waals surface area (Å²) >= 11 is 0. The second kappa shape index (κ2) is 5.12. The summed E-state index contributed by atoms with van der Waals surface area (Å²) in [6.07, 6.45) is 16.0. The van der Waals surface area contributed by atoms with Crippen molar-refractivity contribution in [3.63, 3.8) is 0 Å². The van der Waals surface area contributed by atoms with Crippen molar-refractivity contribution in [1.82, 2.24) is 0 Å². The van der Waals surface area contributed by atoms with Gasteiger partial charge in [0.25, 0.3) is 0 Å². The lowest BCUT2D eigenvalue weighted by molar-refractivity contribution is -0.105. The molecule has 0 heteroatoms. The van der Waals surface area contributed by atoms with Gasteiger partial charge in [0.15, 0.2) is 0 Å². The van der Waals surface area contributed by atoms with E-state index in [2.05, 4.69) is 33.8 Å². The Morgan fingerprint density at radius 1 is 0.955 bits per heavy atom. The van der Waals surface area contributed by atoms with Crippen LogP contribution < -0.4 is 0 Å². The van der Waals surface area contributed by atoms with E-state index < -0.39 is 0 Å². The van der Waals surface area contributed by atoms with E-state index >= 15 is 0 Å². The zero-order chi connectivity index (χ0) is 15.5. The topological polar surface area (TPSA) is 0 Å². The van der Waals surface area contributed by atoms with Gasteiger partial charge in [0, 0.05) is 0 Å². The van der Waals surface area contributed by atoms with Crippen LogP contribution >= 0.6 is 0 Å². The van der Waals surface area contributed by atoms with E-state index in [1.54, 1.807) is 18.4 Å². The monoisotopic (exact) mass is 300 g/mol. The van der Waals surface area contributed by atoms with Crippen LogP contribution in [0.2, 0.25) is 0 Å². The van der Waals surface area contributed by atoms with Gasteiger partial charge in [0.1, 0.15) is 0 Å². The lowest BCUT2D eigenvalue weighted by Crippen LogP contribution is -2.52. The van der Waals surface area contributed by atoms with Crippen LogP contribution in [0.15, 0.2) is 11.6 Å². The zero-order valence-corrected chi connectivity index (χ0v) is 15.3. The maximum Gasteiger partial charge on any atom is -0.00853 e. The minimum absolute atomic E-state index is 0.571. The fourth-order valence-electron chi connectivity index (χ4n) is 7.79. The summed E-state index contributed by atoms with van der Waals surface area (Å²) in [6, 6.07) is 0. The summed E-state index contributed by atoms with van der Waals surface area (Å²) in [6.45, 7) is 10.1. The Morgan fingerprint density at radius 3 is 2.55 bits per heavy atom. The van der Waals surface area contributed by atoms with E-state index in [4.69, 9.17) is 0 Å². The van der Waals surface area contributed by atoms with Crippen LogP contribution in [0.1, 0.15) is 85.5 Å². The molecule has 0 heterocycles. The molecule has 0 bridgehead atoms. The summed E-state index contributed by atoms with van der Waals surface area (Å²) in [4.78, 5) is 0. The van der Waals surface area contributed by atoms with E-state index in [1.165, 1.54) is 44.9 Å². The first-order chi connectivity index (χ1) is 10.5. The lowest BCUT2D eigenvalue weighted by atomic mass is 9.44. The van der Waals surface area contributed by atoms with Crippen LogP contribution in [0.25, 0.3) is 0 Å². The minimum atomic E-state index is 0.571. The average Bonchev–Trinajstić information content (AvgIpc) is 2.84. The fourth-order valence-corrected chi connectivity index (χ4v) is 7.79. The van der Waals surface area contributed by atoms with E-state index in [9.17, 15) is 0 Å². The second-order valence-corrected chi connectivity index (χ2v) is 9.85. The first kappa shape index (κ1) is 15.3. The molecule has 0 aromatic rings. The van der Waals surface area contributed by atoms with E-state index in [0.29, 0.717) is 10.8 Å². The molecule has 4 saturated carbocycles. The summed E-state index contributed by atoms with van der Waals surface area (Å²) < 4.78 is 0. The zero-order valence-electron chi connectivity index (χ0n) is 15.3. The molecule has 0 nitrogen and oxygen atoms in total. The molecule has 0 spiro atoms. The maximum atomic E-state index is 2.70. The first-order valence-electron chi connectivity index (χ1n) is 10.1. The van der Waals surface area contributed by atoms with Crippen molar-refractivity contribution in [3.8, 4) is 0 Å². The van der Waals surface area contributed by atoms with Crippen molar-refractivity contribution in [2.75, 3.05) is 0 Å². The molecule has 4 rings (SSSR count). The van der Waals surface area contributed by atoms with Crippen LogP contribution in [0, 0.1) is 40.4 Å². The van der Waals surface area contributed by atoms with E-state index in [1.807, 2.05) is 0 Å². The van der Waals surface area contributed by atoms with E-state index in [-0.39, 0.29) is 0 Å². The van der Waals surface area contributed by atoms with Crippen molar-refractivity contribution in [2.45, 2.75) is 85.5 Å². The molecule has 4 aliphatic rings. The van der Waals surface area contributed by atoms with Crippen LogP contribution in [0.5, 0.6) is 0 Å². The van der Waals surface area contributed by atoms with Crippen molar-refractivity contribution >= 4 is 0 Å². The van der Waals surface area contributed by atoms with Gasteiger partial charge in [-0.25, -0.2) is 0 Å². The largest absolute Gasteiger partial charge is 0.0879 e. The Labute approximate surface area is 138 Å². The molecule has 0 aliphatic heterocycles. The Kier molecular flexibility index (Phi) is 3.55. The van der Waals surface area contributed by atoms with Gasteiger partial charge in [-0.05, 0) is 98.7 Å². The van der Waals surface area contributed by atoms with Crippen molar-refractivity contribution in [1.29, 1.82) is 0 Å². The summed E-state index contributed by atoms with van der Waals surface area (Å²) in [5, 5.41) is 0. The SMILES string of the molecule is C/C=C1/CCC2C3CCC4C[C@H](C)CC[C@]4(C)C3CC[C@]12C. The normalized spacial score (nSPS) is 56.4. The number of hydrogen-bond acceptors (Lipinski definition) is 0. The van der Waals surface area contributed by atoms with Gasteiger partial charge < -0.3 is 0 Å². The molecule has 0 saturated heterocycles. The Bertz CT molecular complexity index is 474. The number of allylic oxidation sites excluding steroid dienone is 2. The van der Waals surface area contributed by atoms with Crippen molar-refractivity contribution < 1.29 is 0 Å². The molecule has 4 aliphatic carbocycles. The molecule has 0 radical (unpaired) electrons. The van der Waals surface area contributed by atoms with Crippen LogP contribution in [0.3, 0.4) is 0 Å². The smallest absolute Gasteiger partial charge is 0.00853 e. The highest BCUT2D eigenvalue weighted by molar-refractivity contribution is 5.23. The highest BCUT2D eigenvalue weighted by atomic mass is 14.6. The number of fused-ring (bicyclic) bond motifs is 5. The van der Waals surface area contributed by atoms with Gasteiger partial charge >= 0.3 is 0 Å². The summed E-state index contributed by atoms with van der Waals surface area (Å²) in [5.41, 5.74) is 3.07. The van der Waals surface area contributed by atoms with Gasteiger partial charge in [-0.1, -0.05) is 38.8 Å². The molecular weight excluding hydrogens is 264 g/mol. The minimum Gasteiger partial charge on any atom is -0.0879 e. The third-order valence-electron chi connectivity index (χ3n) is 9.12. The molecule has 4 fully saturated rings. The van der Waals surface area contributed by atoms with E-state index in [0.717, 1.165) is 29.6 Å². The predicted molar refractivity (Wildman–Crippen MR) is 94.6 cm³/mol. The highest BCUT2D eigenvalue weighted by Gasteiger charge is 2.58. The molecule has 124 valence electrons. The van der Waals surface area contributed by atoms with Crippen LogP contribution in [-0.2, 0) is 0 Å². The van der Waals surface area contributed by atoms with Gasteiger partial charge in [-0.2, -0.15) is 0 Å². The Balaban J connectivity index is 1.63. The average molecular weight is 301 g/mol. The van der Waals surface area contributed by atoms with Crippen molar-refractivity contribution in [3.05, 3.63) is 11.6 Å². The standard InChI is InChI=1S/C22H36/c1-5-16-7-9-19-18-8-6-17-14-15(2)10-12-22(17,4)20(18)11-13-21(16,19)3/h5,15,17-20H,6-14H2,1-4H3/b16-5-/t15-,17?,18?,19?,20?,21-,22+/m1/s1. The van der Waals surface area contributed by atoms with Crippen molar-refractivity contribution in [2.24, 2.45) is 40.4 Å². The van der Waals surface area contributed by atoms with Gasteiger partial charge in [0.2, 0.25) is 0 Å². The third kappa shape index (κ3) is 1.94. The Hall–Kier alpha value is -0.260. The molecule has 7 atom stereocenters. The predicted octanol–water partition coefficient (Wildman–Crippen LogP) is 6.61. The molecule has 0 amide bonds. The quantitative estimate of drug-likeness (QED) is 0.441. The summed E-state index contributed by atoms with van der Waals surface area (Å²) in [5.74, 6) is 5.14. The molecule has 4 unspecified atom stereocenters. The second-order valence-electron chi connectivity index (χ2n) is 9.85. The molecule has 0 aromatic carbocycles. The summed E-state index contributed by atoms with van der Waals surface area (Å²) in [7, 11) is 0. The lowest BCUT2D eigenvalue weighted by Gasteiger charge is -2.60. The van der Waals surface area contributed by atoms with Gasteiger partial charge in [0.05, 0.1) is 0 Å². The number of hydrogen-bond donors (Lipinski definition) is 0. The fraction of sp³-hybridized carbons (Fsp3) is 0.909. The molecule has 0 aromatic heterocycles. The molecule has 0 N–H and O–H groups in total. The van der Waals surface area contributed by atoms with Gasteiger partial charge in [-0.3, -0.25) is 0 Å². The van der Waals surface area contributed by atoms with Crippen LogP contribution in [0.4, 0.5) is 0 Å². The third-order valence-corrected chi connectivity index (χ3v) is 9.12. The maximum absolute atomic E-state index is 2.70. The molecule has 22 heavy (non-hydrogen) atoms. The highest BCUT2D eigenvalue weighted by Crippen LogP contribution is 2.67. The Morgan fingerprint density at radius 2 is 1.77 bits per heavy atom.